The van der Waals surface area contributed by atoms with Crippen LogP contribution in [0.25, 0.3) is 0 Å². The molecular formula is C15H27NO. The van der Waals surface area contributed by atoms with Crippen molar-refractivity contribution in [2.45, 2.75) is 77.0 Å². The molecule has 0 aromatic rings. The van der Waals surface area contributed by atoms with Gasteiger partial charge in [0.25, 0.3) is 0 Å². The molecule has 3 atom stereocenters. The van der Waals surface area contributed by atoms with Crippen molar-refractivity contribution >= 4 is 0 Å². The van der Waals surface area contributed by atoms with E-state index in [1.54, 1.807) is 0 Å². The molecule has 3 fully saturated rings. The van der Waals surface area contributed by atoms with Gasteiger partial charge in [-0.15, -0.1) is 0 Å². The summed E-state index contributed by atoms with van der Waals surface area (Å²) in [4.78, 5) is 0. The van der Waals surface area contributed by atoms with Crippen LogP contribution in [0.2, 0.25) is 0 Å². The van der Waals surface area contributed by atoms with Crippen LogP contribution < -0.4 is 5.32 Å². The molecule has 3 aliphatic rings. The topological polar surface area (TPSA) is 21.3 Å². The Morgan fingerprint density at radius 1 is 1.00 bits per heavy atom. The Morgan fingerprint density at radius 2 is 1.76 bits per heavy atom. The van der Waals surface area contributed by atoms with Crippen LogP contribution in [-0.2, 0) is 4.74 Å². The summed E-state index contributed by atoms with van der Waals surface area (Å²) < 4.78 is 5.97. The third-order valence-electron chi connectivity index (χ3n) is 5.35. The van der Waals surface area contributed by atoms with Gasteiger partial charge in [0.15, 0.2) is 0 Å². The first-order valence-electron chi connectivity index (χ1n) is 7.57. The quantitative estimate of drug-likeness (QED) is 0.797. The predicted octanol–water partition coefficient (Wildman–Crippen LogP) is 3.11. The fraction of sp³-hybridized carbons (Fsp3) is 1.00. The smallest absolute Gasteiger partial charge is 0.0684 e. The average molecular weight is 237 g/mol. The summed E-state index contributed by atoms with van der Waals surface area (Å²) in [5.41, 5.74) is 0.350. The van der Waals surface area contributed by atoms with Gasteiger partial charge in [0.05, 0.1) is 6.10 Å². The predicted molar refractivity (Wildman–Crippen MR) is 70.0 cm³/mol. The van der Waals surface area contributed by atoms with Crippen molar-refractivity contribution in [1.82, 2.24) is 5.32 Å². The fourth-order valence-corrected chi connectivity index (χ4v) is 4.38. The van der Waals surface area contributed by atoms with E-state index < -0.39 is 0 Å². The molecule has 3 unspecified atom stereocenters. The van der Waals surface area contributed by atoms with Gasteiger partial charge in [0, 0.05) is 30.0 Å². The average Bonchev–Trinajstić information content (AvgIpc) is 2.37. The Bertz CT molecular complexity index is 270. The highest BCUT2D eigenvalue weighted by Crippen LogP contribution is 2.51. The molecule has 98 valence electrons. The lowest BCUT2D eigenvalue weighted by atomic mass is 9.55. The first kappa shape index (κ1) is 12.0. The zero-order chi connectivity index (χ0) is 11.9. The van der Waals surface area contributed by atoms with Crippen LogP contribution in [0.4, 0.5) is 0 Å². The number of rotatable bonds is 2. The lowest BCUT2D eigenvalue weighted by Gasteiger charge is -2.61. The van der Waals surface area contributed by atoms with Gasteiger partial charge in [-0.3, -0.25) is 0 Å². The third-order valence-corrected chi connectivity index (χ3v) is 5.35. The zero-order valence-corrected chi connectivity index (χ0v) is 11.4. The van der Waals surface area contributed by atoms with E-state index in [9.17, 15) is 0 Å². The molecule has 2 aliphatic carbocycles. The van der Waals surface area contributed by atoms with Gasteiger partial charge in [-0.1, -0.05) is 33.1 Å². The minimum Gasteiger partial charge on any atom is -0.377 e. The van der Waals surface area contributed by atoms with Crippen LogP contribution in [0.1, 0.15) is 58.8 Å². The highest BCUT2D eigenvalue weighted by molar-refractivity contribution is 5.10. The van der Waals surface area contributed by atoms with Gasteiger partial charge >= 0.3 is 0 Å². The molecule has 0 aromatic heterocycles. The maximum absolute atomic E-state index is 5.97. The van der Waals surface area contributed by atoms with Crippen LogP contribution in [0, 0.1) is 11.3 Å². The standard InChI is InChI=1S/C15H27NO/c1-15(2)13(12-9-6-10-17-14(12)15)16-11-7-4-3-5-8-11/h11-14,16H,3-10H2,1-2H3. The van der Waals surface area contributed by atoms with Crippen LogP contribution in [0.15, 0.2) is 0 Å². The molecule has 0 spiro atoms. The second-order valence-corrected chi connectivity index (χ2v) is 6.90. The van der Waals surface area contributed by atoms with Gasteiger partial charge in [-0.2, -0.15) is 0 Å². The van der Waals surface area contributed by atoms with Gasteiger partial charge in [0.2, 0.25) is 0 Å². The maximum atomic E-state index is 5.97. The van der Waals surface area contributed by atoms with E-state index in [-0.39, 0.29) is 0 Å². The van der Waals surface area contributed by atoms with E-state index in [1.165, 1.54) is 44.9 Å². The summed E-state index contributed by atoms with van der Waals surface area (Å²) >= 11 is 0. The van der Waals surface area contributed by atoms with E-state index >= 15 is 0 Å². The lowest BCUT2D eigenvalue weighted by molar-refractivity contribution is -0.194. The lowest BCUT2D eigenvalue weighted by Crippen LogP contribution is -2.70. The summed E-state index contributed by atoms with van der Waals surface area (Å²) in [6.45, 7) is 5.76. The molecule has 1 saturated heterocycles. The van der Waals surface area contributed by atoms with Crippen molar-refractivity contribution in [3.05, 3.63) is 0 Å². The second kappa shape index (κ2) is 4.55. The third kappa shape index (κ3) is 2.04. The van der Waals surface area contributed by atoms with Crippen molar-refractivity contribution in [3.63, 3.8) is 0 Å². The Labute approximate surface area is 105 Å². The van der Waals surface area contributed by atoms with Crippen LogP contribution in [0.3, 0.4) is 0 Å². The molecule has 1 aliphatic heterocycles. The Morgan fingerprint density at radius 3 is 2.53 bits per heavy atom. The summed E-state index contributed by atoms with van der Waals surface area (Å²) in [5, 5.41) is 3.96. The molecule has 0 aromatic carbocycles. The van der Waals surface area contributed by atoms with Crippen LogP contribution in [0.5, 0.6) is 0 Å². The van der Waals surface area contributed by atoms with Gasteiger partial charge in [-0.05, 0) is 25.7 Å². The number of ether oxygens (including phenoxy) is 1. The number of hydrogen-bond donors (Lipinski definition) is 1. The Hall–Kier alpha value is -0.0800. The van der Waals surface area contributed by atoms with E-state index in [0.717, 1.165) is 18.6 Å². The molecule has 2 saturated carbocycles. The minimum atomic E-state index is 0.350. The zero-order valence-electron chi connectivity index (χ0n) is 11.4. The van der Waals surface area contributed by atoms with Crippen molar-refractivity contribution in [2.24, 2.45) is 11.3 Å². The highest BCUT2D eigenvalue weighted by Gasteiger charge is 2.57. The highest BCUT2D eigenvalue weighted by atomic mass is 16.5. The normalized spacial score (nSPS) is 41.6. The minimum absolute atomic E-state index is 0.350. The molecule has 1 N–H and O–H groups in total. The Kier molecular flexibility index (Phi) is 3.20. The maximum Gasteiger partial charge on any atom is 0.0684 e. The second-order valence-electron chi connectivity index (χ2n) is 6.90. The van der Waals surface area contributed by atoms with E-state index in [4.69, 9.17) is 4.74 Å². The Balaban J connectivity index is 1.61. The molecule has 17 heavy (non-hydrogen) atoms. The summed E-state index contributed by atoms with van der Waals surface area (Å²) in [6, 6.07) is 1.49. The van der Waals surface area contributed by atoms with Crippen LogP contribution >= 0.6 is 0 Å². The van der Waals surface area contributed by atoms with Gasteiger partial charge < -0.3 is 10.1 Å². The molecule has 2 heteroatoms. The largest absolute Gasteiger partial charge is 0.377 e. The van der Waals surface area contributed by atoms with Crippen molar-refractivity contribution in [3.8, 4) is 0 Å². The summed E-state index contributed by atoms with van der Waals surface area (Å²) in [5.74, 6) is 0.792. The molecule has 0 amide bonds. The first-order valence-corrected chi connectivity index (χ1v) is 7.57. The number of nitrogens with one attached hydrogen (secondary N) is 1. The molecule has 0 radical (unpaired) electrons. The first-order chi connectivity index (χ1) is 8.19. The van der Waals surface area contributed by atoms with E-state index in [0.29, 0.717) is 17.6 Å². The van der Waals surface area contributed by atoms with Gasteiger partial charge in [0.1, 0.15) is 0 Å². The van der Waals surface area contributed by atoms with Crippen molar-refractivity contribution in [2.75, 3.05) is 6.61 Å². The SMILES string of the molecule is CC1(C)C(NC2CCCCC2)C2CCCOC21. The van der Waals surface area contributed by atoms with Crippen molar-refractivity contribution in [1.29, 1.82) is 0 Å². The van der Waals surface area contributed by atoms with E-state index in [1.807, 2.05) is 0 Å². The van der Waals surface area contributed by atoms with Crippen LogP contribution in [-0.4, -0.2) is 24.8 Å². The molecular weight excluding hydrogens is 210 g/mol. The van der Waals surface area contributed by atoms with Gasteiger partial charge in [-0.25, -0.2) is 0 Å². The summed E-state index contributed by atoms with van der Waals surface area (Å²) in [6.07, 6.45) is 10.2. The number of fused-ring (bicyclic) bond motifs is 1. The molecule has 3 rings (SSSR count). The molecule has 0 bridgehead atoms. The van der Waals surface area contributed by atoms with E-state index in [2.05, 4.69) is 19.2 Å². The fourth-order valence-electron chi connectivity index (χ4n) is 4.38. The summed E-state index contributed by atoms with van der Waals surface area (Å²) in [7, 11) is 0. The number of hydrogen-bond acceptors (Lipinski definition) is 2. The monoisotopic (exact) mass is 237 g/mol. The van der Waals surface area contributed by atoms with Crippen molar-refractivity contribution < 1.29 is 4.74 Å². The molecule has 2 nitrogen and oxygen atoms in total. The molecule has 1 heterocycles.